The lowest BCUT2D eigenvalue weighted by molar-refractivity contribution is -0.262. The third kappa shape index (κ3) is 4.41. The molecule has 1 aliphatic rings. The first kappa shape index (κ1) is 20.9. The third-order valence-corrected chi connectivity index (χ3v) is 5.28. The second kappa shape index (κ2) is 9.09. The fourth-order valence-corrected chi connectivity index (χ4v) is 3.99. The van der Waals surface area contributed by atoms with Gasteiger partial charge in [-0.1, -0.05) is 0 Å². The molecule has 0 amide bonds. The second-order valence-electron chi connectivity index (χ2n) is 6.98. The molecule has 0 bridgehead atoms. The van der Waals surface area contributed by atoms with Gasteiger partial charge in [-0.2, -0.15) is 0 Å². The van der Waals surface area contributed by atoms with E-state index in [9.17, 15) is 14.3 Å². The van der Waals surface area contributed by atoms with Crippen molar-refractivity contribution >= 4 is 11.0 Å². The van der Waals surface area contributed by atoms with Crippen LogP contribution in [0.3, 0.4) is 0 Å². The zero-order chi connectivity index (χ0) is 20.1. The van der Waals surface area contributed by atoms with Crippen molar-refractivity contribution in [2.45, 2.75) is 45.1 Å². The average Bonchev–Trinajstić information content (AvgIpc) is 2.68. The maximum absolute atomic E-state index is 13.6. The Labute approximate surface area is 163 Å². The number of aliphatic hydroxyl groups is 1. The van der Waals surface area contributed by atoms with E-state index in [0.717, 1.165) is 6.20 Å². The van der Waals surface area contributed by atoms with Crippen molar-refractivity contribution in [2.75, 3.05) is 32.9 Å². The highest BCUT2D eigenvalue weighted by Crippen LogP contribution is 2.31. The molecule has 3 rings (SSSR count). The molecule has 3 heterocycles. The van der Waals surface area contributed by atoms with Crippen LogP contribution in [0.5, 0.6) is 0 Å². The average molecular weight is 393 g/mol. The summed E-state index contributed by atoms with van der Waals surface area (Å²) in [5.41, 5.74) is 0.850. The number of fused-ring (bicyclic) bond motifs is 1. The van der Waals surface area contributed by atoms with E-state index in [-0.39, 0.29) is 18.2 Å². The molecule has 154 valence electrons. The molecule has 0 spiro atoms. The Morgan fingerprint density at radius 1 is 1.29 bits per heavy atom. The highest BCUT2D eigenvalue weighted by molar-refractivity contribution is 5.74. The van der Waals surface area contributed by atoms with E-state index in [1.165, 1.54) is 16.7 Å². The van der Waals surface area contributed by atoms with Gasteiger partial charge in [0.15, 0.2) is 5.79 Å². The Morgan fingerprint density at radius 3 is 2.71 bits per heavy atom. The van der Waals surface area contributed by atoms with Crippen LogP contribution in [0.15, 0.2) is 29.2 Å². The first-order valence-electron chi connectivity index (χ1n) is 9.80. The summed E-state index contributed by atoms with van der Waals surface area (Å²) in [7, 11) is 0. The third-order valence-electron chi connectivity index (χ3n) is 5.28. The van der Waals surface area contributed by atoms with Crippen LogP contribution < -0.4 is 5.56 Å². The van der Waals surface area contributed by atoms with Crippen LogP contribution in [0.4, 0.5) is 4.39 Å². The summed E-state index contributed by atoms with van der Waals surface area (Å²) in [5.74, 6) is -1.15. The van der Waals surface area contributed by atoms with Gasteiger partial charge in [0.25, 0.3) is 5.56 Å². The molecular formula is C20H28FN3O4. The monoisotopic (exact) mass is 393 g/mol. The first-order valence-corrected chi connectivity index (χ1v) is 9.80. The fraction of sp³-hybridized carbons (Fsp3) is 0.600. The van der Waals surface area contributed by atoms with Gasteiger partial charge in [-0.25, -0.2) is 4.39 Å². The van der Waals surface area contributed by atoms with E-state index in [0.29, 0.717) is 56.7 Å². The molecule has 2 aromatic heterocycles. The van der Waals surface area contributed by atoms with E-state index < -0.39 is 11.6 Å². The highest BCUT2D eigenvalue weighted by Gasteiger charge is 2.41. The molecule has 0 unspecified atom stereocenters. The maximum atomic E-state index is 13.6. The quantitative estimate of drug-likeness (QED) is 0.689. The number of piperidine rings is 1. The smallest absolute Gasteiger partial charge is 0.251 e. The van der Waals surface area contributed by atoms with Gasteiger partial charge in [0.1, 0.15) is 5.82 Å². The molecule has 28 heavy (non-hydrogen) atoms. The van der Waals surface area contributed by atoms with Crippen molar-refractivity contribution in [3.63, 3.8) is 0 Å². The van der Waals surface area contributed by atoms with Gasteiger partial charge in [-0.3, -0.25) is 14.7 Å². The summed E-state index contributed by atoms with van der Waals surface area (Å²) in [6, 6.07) is 4.25. The molecule has 1 saturated heterocycles. The summed E-state index contributed by atoms with van der Waals surface area (Å²) in [6.45, 7) is 6.54. The molecule has 0 radical (unpaired) electrons. The molecule has 1 fully saturated rings. The minimum Gasteiger partial charge on any atom is -0.395 e. The maximum Gasteiger partial charge on any atom is 0.251 e. The zero-order valence-electron chi connectivity index (χ0n) is 16.4. The van der Waals surface area contributed by atoms with Gasteiger partial charge < -0.3 is 19.1 Å². The Hall–Kier alpha value is -1.87. The number of hydrogen-bond donors (Lipinski definition) is 1. The van der Waals surface area contributed by atoms with E-state index in [1.54, 1.807) is 6.07 Å². The number of aliphatic hydroxyl groups excluding tert-OH is 1. The number of hydrogen-bond acceptors (Lipinski definition) is 6. The SMILES string of the molecule is CCOC1(OCC)CCN(CCn2c(=O)ccc3ncc(F)cc32)[C@H](CO)C1. The summed E-state index contributed by atoms with van der Waals surface area (Å²) >= 11 is 0. The van der Waals surface area contributed by atoms with Gasteiger partial charge in [-0.05, 0) is 19.9 Å². The van der Waals surface area contributed by atoms with E-state index >= 15 is 0 Å². The normalized spacial score (nSPS) is 19.9. The van der Waals surface area contributed by atoms with E-state index in [2.05, 4.69) is 9.88 Å². The van der Waals surface area contributed by atoms with Gasteiger partial charge in [0, 0.05) is 63.9 Å². The summed E-state index contributed by atoms with van der Waals surface area (Å²) in [4.78, 5) is 18.5. The van der Waals surface area contributed by atoms with Crippen molar-refractivity contribution in [1.82, 2.24) is 14.5 Å². The van der Waals surface area contributed by atoms with Crippen molar-refractivity contribution in [3.8, 4) is 0 Å². The molecule has 8 heteroatoms. The number of ether oxygens (including phenoxy) is 2. The van der Waals surface area contributed by atoms with Crippen LogP contribution in [0, 0.1) is 5.82 Å². The summed E-state index contributed by atoms with van der Waals surface area (Å²) in [5, 5.41) is 9.91. The van der Waals surface area contributed by atoms with Crippen LogP contribution in [0.25, 0.3) is 11.0 Å². The Morgan fingerprint density at radius 2 is 2.04 bits per heavy atom. The Kier molecular flexibility index (Phi) is 6.77. The minimum absolute atomic E-state index is 0.0253. The topological polar surface area (TPSA) is 76.8 Å². The lowest BCUT2D eigenvalue weighted by Gasteiger charge is -2.45. The molecule has 0 aromatic carbocycles. The zero-order valence-corrected chi connectivity index (χ0v) is 16.4. The van der Waals surface area contributed by atoms with Crippen molar-refractivity contribution < 1.29 is 19.0 Å². The van der Waals surface area contributed by atoms with Crippen molar-refractivity contribution in [2.24, 2.45) is 0 Å². The molecule has 0 saturated carbocycles. The Bertz CT molecular complexity index is 851. The summed E-state index contributed by atoms with van der Waals surface area (Å²) in [6.07, 6.45) is 2.39. The summed E-state index contributed by atoms with van der Waals surface area (Å²) < 4.78 is 26.9. The number of halogens is 1. The first-order chi connectivity index (χ1) is 13.5. The lowest BCUT2D eigenvalue weighted by Crippen LogP contribution is -2.55. The van der Waals surface area contributed by atoms with Gasteiger partial charge in [0.05, 0.1) is 23.8 Å². The van der Waals surface area contributed by atoms with Gasteiger partial charge in [0.2, 0.25) is 0 Å². The molecule has 1 N–H and O–H groups in total. The number of rotatable bonds is 8. The van der Waals surface area contributed by atoms with Gasteiger partial charge in [-0.15, -0.1) is 0 Å². The van der Waals surface area contributed by atoms with Crippen LogP contribution in [-0.4, -0.2) is 64.3 Å². The van der Waals surface area contributed by atoms with Crippen LogP contribution >= 0.6 is 0 Å². The largest absolute Gasteiger partial charge is 0.395 e. The van der Waals surface area contributed by atoms with Crippen LogP contribution in [-0.2, 0) is 16.0 Å². The highest BCUT2D eigenvalue weighted by atomic mass is 19.1. The van der Waals surface area contributed by atoms with E-state index in [1.807, 2.05) is 13.8 Å². The molecular weight excluding hydrogens is 365 g/mol. The fourth-order valence-electron chi connectivity index (χ4n) is 3.99. The van der Waals surface area contributed by atoms with Crippen molar-refractivity contribution in [3.05, 3.63) is 40.6 Å². The van der Waals surface area contributed by atoms with Crippen LogP contribution in [0.2, 0.25) is 0 Å². The molecule has 1 atom stereocenters. The number of pyridine rings is 2. The Balaban J connectivity index is 1.76. The van der Waals surface area contributed by atoms with Gasteiger partial charge >= 0.3 is 0 Å². The van der Waals surface area contributed by atoms with Crippen molar-refractivity contribution in [1.29, 1.82) is 0 Å². The predicted molar refractivity (Wildman–Crippen MR) is 104 cm³/mol. The predicted octanol–water partition coefficient (Wildman–Crippen LogP) is 1.76. The standard InChI is InChI=1S/C20H28FN3O4/c1-3-27-20(28-4-2)7-8-23(16(12-20)14-25)9-10-24-18-11-15(21)13-22-17(18)5-6-19(24)26/h5-6,11,13,16,25H,3-4,7-10,12,14H2,1-2H3/t16-/m0/s1. The number of nitrogens with zero attached hydrogens (tertiary/aromatic N) is 3. The number of likely N-dealkylation sites (tertiary alicyclic amines) is 1. The molecule has 2 aromatic rings. The minimum atomic E-state index is -0.670. The second-order valence-corrected chi connectivity index (χ2v) is 6.98. The molecule has 7 nitrogen and oxygen atoms in total. The molecule has 0 aliphatic carbocycles. The lowest BCUT2D eigenvalue weighted by atomic mass is 9.96. The number of aromatic nitrogens is 2. The van der Waals surface area contributed by atoms with Crippen LogP contribution in [0.1, 0.15) is 26.7 Å². The van der Waals surface area contributed by atoms with E-state index in [4.69, 9.17) is 9.47 Å². The molecule has 1 aliphatic heterocycles.